The summed E-state index contributed by atoms with van der Waals surface area (Å²) in [5, 5.41) is 19.0. The Kier molecular flexibility index (Phi) is 4.33. The topological polar surface area (TPSA) is 57.5 Å². The number of aliphatic carboxylic acids is 1. The molecule has 116 valence electrons. The summed E-state index contributed by atoms with van der Waals surface area (Å²) in [5.74, 6) is -2.02. The van der Waals surface area contributed by atoms with Crippen LogP contribution >= 0.6 is 0 Å². The van der Waals surface area contributed by atoms with Crippen molar-refractivity contribution in [3.05, 3.63) is 59.4 Å². The van der Waals surface area contributed by atoms with Crippen LogP contribution in [0.4, 0.5) is 4.39 Å². The van der Waals surface area contributed by atoms with E-state index in [0.717, 1.165) is 0 Å². The van der Waals surface area contributed by atoms with Crippen molar-refractivity contribution in [2.24, 2.45) is 0 Å². The Morgan fingerprint density at radius 1 is 1.18 bits per heavy atom. The van der Waals surface area contributed by atoms with Crippen molar-refractivity contribution in [2.45, 2.75) is 32.3 Å². The van der Waals surface area contributed by atoms with Crippen molar-refractivity contribution in [1.82, 2.24) is 0 Å². The first-order valence-electron chi connectivity index (χ1n) is 7.05. The van der Waals surface area contributed by atoms with Gasteiger partial charge in [-0.2, -0.15) is 0 Å². The maximum Gasteiger partial charge on any atom is 0.310 e. The first-order valence-corrected chi connectivity index (χ1v) is 7.05. The SMILES string of the molecule is CC(C(=O)O)c1cccc(-c2ccc(C(C)(C)O)cc2F)c1. The fraction of sp³-hybridized carbons (Fsp3) is 0.278. The first-order chi connectivity index (χ1) is 10.2. The first kappa shape index (κ1) is 16.2. The zero-order valence-electron chi connectivity index (χ0n) is 12.8. The number of rotatable bonds is 4. The molecule has 0 aliphatic heterocycles. The van der Waals surface area contributed by atoms with E-state index in [0.29, 0.717) is 22.3 Å². The minimum atomic E-state index is -1.11. The van der Waals surface area contributed by atoms with E-state index >= 15 is 0 Å². The second kappa shape index (κ2) is 5.89. The monoisotopic (exact) mass is 302 g/mol. The van der Waals surface area contributed by atoms with Gasteiger partial charge in [-0.1, -0.05) is 36.4 Å². The van der Waals surface area contributed by atoms with Crippen LogP contribution in [0.1, 0.15) is 37.8 Å². The summed E-state index contributed by atoms with van der Waals surface area (Å²) >= 11 is 0. The second-order valence-corrected chi connectivity index (χ2v) is 5.94. The van der Waals surface area contributed by atoms with Crippen LogP contribution in [0, 0.1) is 5.82 Å². The van der Waals surface area contributed by atoms with Crippen LogP contribution in [0.3, 0.4) is 0 Å². The predicted octanol–water partition coefficient (Wildman–Crippen LogP) is 3.91. The molecule has 1 unspecified atom stereocenters. The van der Waals surface area contributed by atoms with Crippen LogP contribution in [-0.4, -0.2) is 16.2 Å². The Labute approximate surface area is 129 Å². The largest absolute Gasteiger partial charge is 0.481 e. The van der Waals surface area contributed by atoms with Crippen molar-refractivity contribution >= 4 is 5.97 Å². The molecule has 2 N–H and O–H groups in total. The third kappa shape index (κ3) is 3.34. The van der Waals surface area contributed by atoms with Gasteiger partial charge in [-0.25, -0.2) is 4.39 Å². The van der Waals surface area contributed by atoms with E-state index in [4.69, 9.17) is 5.11 Å². The maximum absolute atomic E-state index is 14.3. The molecule has 0 aromatic heterocycles. The van der Waals surface area contributed by atoms with Crippen LogP contribution in [0.15, 0.2) is 42.5 Å². The van der Waals surface area contributed by atoms with Crippen molar-refractivity contribution in [3.8, 4) is 11.1 Å². The molecule has 0 radical (unpaired) electrons. The number of hydrogen-bond acceptors (Lipinski definition) is 2. The number of hydrogen-bond donors (Lipinski definition) is 2. The Morgan fingerprint density at radius 2 is 1.86 bits per heavy atom. The Bertz CT molecular complexity index is 702. The predicted molar refractivity (Wildman–Crippen MR) is 83.1 cm³/mol. The third-order valence-corrected chi connectivity index (χ3v) is 3.74. The zero-order valence-corrected chi connectivity index (χ0v) is 12.8. The third-order valence-electron chi connectivity index (χ3n) is 3.74. The molecule has 0 bridgehead atoms. The van der Waals surface area contributed by atoms with Gasteiger partial charge in [-0.3, -0.25) is 4.79 Å². The number of carboxylic acids is 1. The molecule has 2 rings (SSSR count). The van der Waals surface area contributed by atoms with Crippen LogP contribution in [0.2, 0.25) is 0 Å². The highest BCUT2D eigenvalue weighted by Gasteiger charge is 2.19. The highest BCUT2D eigenvalue weighted by molar-refractivity contribution is 5.77. The van der Waals surface area contributed by atoms with Crippen LogP contribution in [-0.2, 0) is 10.4 Å². The quantitative estimate of drug-likeness (QED) is 0.900. The molecule has 0 saturated heterocycles. The van der Waals surface area contributed by atoms with E-state index in [2.05, 4.69) is 0 Å². The van der Waals surface area contributed by atoms with E-state index in [9.17, 15) is 14.3 Å². The second-order valence-electron chi connectivity index (χ2n) is 5.94. The summed E-state index contributed by atoms with van der Waals surface area (Å²) in [6.45, 7) is 4.78. The van der Waals surface area contributed by atoms with Crippen molar-refractivity contribution < 1.29 is 19.4 Å². The molecule has 0 aliphatic rings. The molecule has 2 aromatic carbocycles. The van der Waals surface area contributed by atoms with Gasteiger partial charge in [0.15, 0.2) is 0 Å². The lowest BCUT2D eigenvalue weighted by molar-refractivity contribution is -0.138. The minimum Gasteiger partial charge on any atom is -0.481 e. The van der Waals surface area contributed by atoms with Gasteiger partial charge in [0.05, 0.1) is 11.5 Å². The van der Waals surface area contributed by atoms with E-state index in [-0.39, 0.29) is 0 Å². The van der Waals surface area contributed by atoms with Crippen LogP contribution in [0.25, 0.3) is 11.1 Å². The standard InChI is InChI=1S/C18H19FO3/c1-11(17(20)21)12-5-4-6-13(9-12)15-8-7-14(10-16(15)19)18(2,3)22/h4-11,22H,1-3H3,(H,20,21). The van der Waals surface area contributed by atoms with E-state index < -0.39 is 23.3 Å². The van der Waals surface area contributed by atoms with Gasteiger partial charge in [0.2, 0.25) is 0 Å². The average molecular weight is 302 g/mol. The molecular formula is C18H19FO3. The summed E-state index contributed by atoms with van der Waals surface area (Å²) in [5.41, 5.74) is 0.997. The van der Waals surface area contributed by atoms with Crippen molar-refractivity contribution in [1.29, 1.82) is 0 Å². The molecule has 0 aliphatic carbocycles. The smallest absolute Gasteiger partial charge is 0.310 e. The van der Waals surface area contributed by atoms with Crippen molar-refractivity contribution in [2.75, 3.05) is 0 Å². The molecule has 0 spiro atoms. The summed E-state index contributed by atoms with van der Waals surface area (Å²) in [7, 11) is 0. The van der Waals surface area contributed by atoms with Gasteiger partial charge in [0.25, 0.3) is 0 Å². The summed E-state index contributed by atoms with van der Waals surface area (Å²) < 4.78 is 14.3. The molecule has 22 heavy (non-hydrogen) atoms. The summed E-state index contributed by atoms with van der Waals surface area (Å²) in [6.07, 6.45) is 0. The molecule has 0 amide bonds. The summed E-state index contributed by atoms with van der Waals surface area (Å²) in [4.78, 5) is 11.1. The van der Waals surface area contributed by atoms with E-state index in [1.54, 1.807) is 57.2 Å². The molecule has 2 aromatic rings. The number of benzene rings is 2. The highest BCUT2D eigenvalue weighted by Crippen LogP contribution is 2.29. The fourth-order valence-corrected chi connectivity index (χ4v) is 2.25. The van der Waals surface area contributed by atoms with Crippen LogP contribution in [0.5, 0.6) is 0 Å². The molecular weight excluding hydrogens is 283 g/mol. The van der Waals surface area contributed by atoms with E-state index in [1.165, 1.54) is 6.07 Å². The lowest BCUT2D eigenvalue weighted by atomic mass is 9.93. The van der Waals surface area contributed by atoms with E-state index in [1.807, 2.05) is 0 Å². The van der Waals surface area contributed by atoms with Gasteiger partial charge in [0.1, 0.15) is 5.82 Å². The van der Waals surface area contributed by atoms with Crippen molar-refractivity contribution in [3.63, 3.8) is 0 Å². The molecule has 0 saturated carbocycles. The Hall–Kier alpha value is -2.20. The zero-order chi connectivity index (χ0) is 16.5. The fourth-order valence-electron chi connectivity index (χ4n) is 2.25. The highest BCUT2D eigenvalue weighted by atomic mass is 19.1. The normalized spacial score (nSPS) is 13.0. The lowest BCUT2D eigenvalue weighted by Crippen LogP contribution is -2.15. The molecule has 1 atom stereocenters. The van der Waals surface area contributed by atoms with Gasteiger partial charge in [0, 0.05) is 5.56 Å². The summed E-state index contributed by atoms with van der Waals surface area (Å²) in [6, 6.07) is 11.4. The molecule has 0 fully saturated rings. The number of halogens is 1. The average Bonchev–Trinajstić information content (AvgIpc) is 2.45. The molecule has 4 heteroatoms. The number of carboxylic acid groups (broad SMARTS) is 1. The number of aliphatic hydroxyl groups is 1. The number of carbonyl (C=O) groups is 1. The van der Waals surface area contributed by atoms with Gasteiger partial charge in [-0.05, 0) is 43.5 Å². The molecule has 3 nitrogen and oxygen atoms in total. The minimum absolute atomic E-state index is 0.382. The molecule has 0 heterocycles. The maximum atomic E-state index is 14.3. The van der Waals surface area contributed by atoms with Gasteiger partial charge in [-0.15, -0.1) is 0 Å². The van der Waals surface area contributed by atoms with Crippen LogP contribution < -0.4 is 0 Å². The Morgan fingerprint density at radius 3 is 2.41 bits per heavy atom. The Balaban J connectivity index is 2.45. The van der Waals surface area contributed by atoms with Gasteiger partial charge >= 0.3 is 5.97 Å². The lowest BCUT2D eigenvalue weighted by Gasteiger charge is -2.18. The van der Waals surface area contributed by atoms with Gasteiger partial charge < -0.3 is 10.2 Å².